The van der Waals surface area contributed by atoms with Crippen molar-refractivity contribution in [1.82, 2.24) is 9.97 Å². The summed E-state index contributed by atoms with van der Waals surface area (Å²) in [5, 5.41) is 0. The summed E-state index contributed by atoms with van der Waals surface area (Å²) in [4.78, 5) is 11.0. The average Bonchev–Trinajstić information content (AvgIpc) is 2.45. The maximum atomic E-state index is 5.94. The fraction of sp³-hybridized carbons (Fsp3) is 0.692. The fourth-order valence-electron chi connectivity index (χ4n) is 2.14. The number of nitrogens with zero attached hydrogens (tertiary/aromatic N) is 3. The fourth-order valence-corrected chi connectivity index (χ4v) is 2.40. The molecule has 0 aromatic carbocycles. The van der Waals surface area contributed by atoms with E-state index >= 15 is 0 Å². The maximum absolute atomic E-state index is 5.94. The van der Waals surface area contributed by atoms with E-state index in [2.05, 4.69) is 21.8 Å². The highest BCUT2D eigenvalue weighted by molar-refractivity contribution is 6.18. The molecule has 2 heterocycles. The Morgan fingerprint density at radius 1 is 1.56 bits per heavy atom. The zero-order valence-corrected chi connectivity index (χ0v) is 11.6. The van der Waals surface area contributed by atoms with Gasteiger partial charge < -0.3 is 9.64 Å². The number of piperidine rings is 1. The zero-order valence-electron chi connectivity index (χ0n) is 10.8. The largest absolute Gasteiger partial charge is 0.478 e. The predicted octanol–water partition coefficient (Wildman–Crippen LogP) is 2.72. The Morgan fingerprint density at radius 2 is 2.44 bits per heavy atom. The summed E-state index contributed by atoms with van der Waals surface area (Å²) in [5.74, 6) is 2.68. The second-order valence-electron chi connectivity index (χ2n) is 4.65. The van der Waals surface area contributed by atoms with Crippen molar-refractivity contribution < 1.29 is 4.74 Å². The minimum atomic E-state index is 0.546. The lowest BCUT2D eigenvalue weighted by Gasteiger charge is -2.31. The van der Waals surface area contributed by atoms with E-state index in [-0.39, 0.29) is 0 Å². The van der Waals surface area contributed by atoms with E-state index in [1.807, 2.05) is 6.07 Å². The Labute approximate surface area is 113 Å². The molecule has 1 aromatic heterocycles. The van der Waals surface area contributed by atoms with Crippen molar-refractivity contribution in [2.24, 2.45) is 5.92 Å². The number of hydrogen-bond donors (Lipinski definition) is 0. The van der Waals surface area contributed by atoms with Gasteiger partial charge >= 0.3 is 0 Å². The van der Waals surface area contributed by atoms with Crippen LogP contribution in [0.4, 0.5) is 5.95 Å². The molecular formula is C13H20ClN3O. The van der Waals surface area contributed by atoms with Gasteiger partial charge in [0, 0.05) is 31.2 Å². The van der Waals surface area contributed by atoms with Crippen molar-refractivity contribution in [3.8, 4) is 5.88 Å². The SMILES string of the molecule is CCCOc1ccnc(N2CCCC(CCl)C2)n1. The van der Waals surface area contributed by atoms with Gasteiger partial charge in [-0.1, -0.05) is 6.92 Å². The number of hydrogen-bond acceptors (Lipinski definition) is 4. The van der Waals surface area contributed by atoms with Crippen LogP contribution in [0.1, 0.15) is 26.2 Å². The van der Waals surface area contributed by atoms with Crippen molar-refractivity contribution in [1.29, 1.82) is 0 Å². The Morgan fingerprint density at radius 3 is 3.22 bits per heavy atom. The number of alkyl halides is 1. The topological polar surface area (TPSA) is 38.2 Å². The van der Waals surface area contributed by atoms with Crippen LogP contribution in [-0.2, 0) is 0 Å². The second kappa shape index (κ2) is 6.78. The van der Waals surface area contributed by atoms with E-state index in [1.54, 1.807) is 6.20 Å². The van der Waals surface area contributed by atoms with E-state index in [9.17, 15) is 0 Å². The number of rotatable bonds is 5. The lowest BCUT2D eigenvalue weighted by Crippen LogP contribution is -2.37. The Bertz CT molecular complexity index is 375. The minimum Gasteiger partial charge on any atom is -0.478 e. The molecule has 0 saturated carbocycles. The van der Waals surface area contributed by atoms with Crippen LogP contribution in [0, 0.1) is 5.92 Å². The van der Waals surface area contributed by atoms with Crippen molar-refractivity contribution >= 4 is 17.5 Å². The molecule has 0 amide bonds. The molecule has 1 fully saturated rings. The second-order valence-corrected chi connectivity index (χ2v) is 4.96. The van der Waals surface area contributed by atoms with Gasteiger partial charge in [0.25, 0.3) is 0 Å². The van der Waals surface area contributed by atoms with Crippen molar-refractivity contribution in [2.45, 2.75) is 26.2 Å². The monoisotopic (exact) mass is 269 g/mol. The van der Waals surface area contributed by atoms with Gasteiger partial charge in [-0.15, -0.1) is 11.6 Å². The Kier molecular flexibility index (Phi) is 5.05. The first-order valence-corrected chi connectivity index (χ1v) is 7.13. The molecule has 100 valence electrons. The van der Waals surface area contributed by atoms with E-state index in [0.717, 1.165) is 31.9 Å². The molecule has 1 aromatic rings. The van der Waals surface area contributed by atoms with Gasteiger partial charge in [0.15, 0.2) is 0 Å². The summed E-state index contributed by atoms with van der Waals surface area (Å²) in [5.41, 5.74) is 0. The van der Waals surface area contributed by atoms with Crippen LogP contribution in [0.2, 0.25) is 0 Å². The predicted molar refractivity (Wildman–Crippen MR) is 73.5 cm³/mol. The lowest BCUT2D eigenvalue weighted by molar-refractivity contribution is 0.304. The third-order valence-corrected chi connectivity index (χ3v) is 3.53. The van der Waals surface area contributed by atoms with Crippen LogP contribution in [0.5, 0.6) is 5.88 Å². The van der Waals surface area contributed by atoms with E-state index < -0.39 is 0 Å². The smallest absolute Gasteiger partial charge is 0.228 e. The quantitative estimate of drug-likeness (QED) is 0.771. The van der Waals surface area contributed by atoms with Gasteiger partial charge in [-0.25, -0.2) is 4.98 Å². The van der Waals surface area contributed by atoms with Crippen LogP contribution in [-0.4, -0.2) is 35.5 Å². The van der Waals surface area contributed by atoms with Gasteiger partial charge in [0.05, 0.1) is 6.61 Å². The molecule has 0 spiro atoms. The summed E-state index contributed by atoms with van der Waals surface area (Å²) in [6.07, 6.45) is 5.10. The Hall–Kier alpha value is -1.03. The molecule has 0 radical (unpaired) electrons. The molecule has 1 atom stereocenters. The van der Waals surface area contributed by atoms with Gasteiger partial charge in [-0.2, -0.15) is 4.98 Å². The molecule has 2 rings (SSSR count). The number of halogens is 1. The highest BCUT2D eigenvalue weighted by atomic mass is 35.5. The van der Waals surface area contributed by atoms with E-state index in [0.29, 0.717) is 24.3 Å². The zero-order chi connectivity index (χ0) is 12.8. The first-order valence-electron chi connectivity index (χ1n) is 6.60. The van der Waals surface area contributed by atoms with Gasteiger partial charge in [-0.05, 0) is 25.2 Å². The molecule has 0 aliphatic carbocycles. The lowest BCUT2D eigenvalue weighted by atomic mass is 10.0. The molecule has 5 heteroatoms. The average molecular weight is 270 g/mol. The number of ether oxygens (including phenoxy) is 1. The van der Waals surface area contributed by atoms with Gasteiger partial charge in [0.2, 0.25) is 11.8 Å². The molecule has 1 unspecified atom stereocenters. The van der Waals surface area contributed by atoms with Gasteiger partial charge in [0.1, 0.15) is 0 Å². The number of aromatic nitrogens is 2. The van der Waals surface area contributed by atoms with E-state index in [4.69, 9.17) is 16.3 Å². The summed E-state index contributed by atoms with van der Waals surface area (Å²) in [6, 6.07) is 1.81. The molecule has 0 N–H and O–H groups in total. The molecule has 4 nitrogen and oxygen atoms in total. The van der Waals surface area contributed by atoms with Crippen LogP contribution in [0.3, 0.4) is 0 Å². The standard InChI is InChI=1S/C13H20ClN3O/c1-2-8-18-12-5-6-15-13(16-12)17-7-3-4-11(9-14)10-17/h5-6,11H,2-4,7-10H2,1H3. The highest BCUT2D eigenvalue weighted by Gasteiger charge is 2.21. The summed E-state index contributed by atoms with van der Waals surface area (Å²) in [6.45, 7) is 4.73. The van der Waals surface area contributed by atoms with Crippen LogP contribution in [0.15, 0.2) is 12.3 Å². The normalized spacial score (nSPS) is 19.9. The molecule has 0 bridgehead atoms. The highest BCUT2D eigenvalue weighted by Crippen LogP contribution is 2.22. The Balaban J connectivity index is 2.02. The summed E-state index contributed by atoms with van der Waals surface area (Å²) >= 11 is 5.94. The van der Waals surface area contributed by atoms with Crippen molar-refractivity contribution in [2.75, 3.05) is 30.5 Å². The van der Waals surface area contributed by atoms with Crippen molar-refractivity contribution in [3.05, 3.63) is 12.3 Å². The molecular weight excluding hydrogens is 250 g/mol. The third kappa shape index (κ3) is 3.48. The summed E-state index contributed by atoms with van der Waals surface area (Å²) in [7, 11) is 0. The van der Waals surface area contributed by atoms with Crippen molar-refractivity contribution in [3.63, 3.8) is 0 Å². The molecule has 1 aliphatic rings. The summed E-state index contributed by atoms with van der Waals surface area (Å²) < 4.78 is 5.54. The first-order chi connectivity index (χ1) is 8.83. The number of anilines is 1. The molecule has 18 heavy (non-hydrogen) atoms. The first kappa shape index (κ1) is 13.4. The molecule has 1 saturated heterocycles. The van der Waals surface area contributed by atoms with Crippen LogP contribution in [0.25, 0.3) is 0 Å². The van der Waals surface area contributed by atoms with Gasteiger partial charge in [-0.3, -0.25) is 0 Å². The van der Waals surface area contributed by atoms with Crippen LogP contribution < -0.4 is 9.64 Å². The van der Waals surface area contributed by atoms with E-state index in [1.165, 1.54) is 6.42 Å². The minimum absolute atomic E-state index is 0.546. The third-order valence-electron chi connectivity index (χ3n) is 3.09. The van der Waals surface area contributed by atoms with Crippen LogP contribution >= 0.6 is 11.6 Å². The molecule has 1 aliphatic heterocycles. The maximum Gasteiger partial charge on any atom is 0.228 e.